The number of nitrogens with zero attached hydrogens (tertiary/aromatic N) is 2. The Hall–Kier alpha value is -0.590. The molecule has 2 unspecified atom stereocenters. The van der Waals surface area contributed by atoms with Crippen LogP contribution in [-0.4, -0.2) is 66.7 Å². The average molecular weight is 414 g/mol. The molecule has 1 aromatic rings. The van der Waals surface area contributed by atoms with Gasteiger partial charge < -0.3 is 15.3 Å². The molecule has 6 heteroatoms. The summed E-state index contributed by atoms with van der Waals surface area (Å²) in [5.74, 6) is 1.02. The Balaban J connectivity index is 0.00000176. The molecule has 0 radical (unpaired) electrons. The Labute approximate surface area is 174 Å². The van der Waals surface area contributed by atoms with Crippen LogP contribution in [-0.2, 0) is 0 Å². The van der Waals surface area contributed by atoms with Crippen LogP contribution in [0.2, 0.25) is 5.02 Å². The van der Waals surface area contributed by atoms with Gasteiger partial charge in [-0.3, -0.25) is 4.99 Å². The quantitative estimate of drug-likeness (QED) is 0.494. The zero-order chi connectivity index (χ0) is 20.2. The van der Waals surface area contributed by atoms with Crippen LogP contribution in [0, 0.1) is 6.92 Å². The third-order valence-electron chi connectivity index (χ3n) is 4.83. The van der Waals surface area contributed by atoms with Gasteiger partial charge in [0.25, 0.3) is 0 Å². The van der Waals surface area contributed by atoms with Gasteiger partial charge in [0.1, 0.15) is 0 Å². The number of halogens is 1. The molecule has 1 saturated heterocycles. The largest absolute Gasteiger partial charge is 0.400 e. The van der Waals surface area contributed by atoms with Gasteiger partial charge in [0.15, 0.2) is 0 Å². The first-order valence-corrected chi connectivity index (χ1v) is 11.2. The van der Waals surface area contributed by atoms with E-state index < -0.39 is 0 Å². The highest BCUT2D eigenvalue weighted by molar-refractivity contribution is 8.14. The van der Waals surface area contributed by atoms with Crippen LogP contribution in [0.4, 0.5) is 0 Å². The van der Waals surface area contributed by atoms with E-state index in [1.807, 2.05) is 24.8 Å². The van der Waals surface area contributed by atoms with Crippen molar-refractivity contribution < 1.29 is 5.11 Å². The number of benzene rings is 1. The van der Waals surface area contributed by atoms with Crippen molar-refractivity contribution in [1.82, 2.24) is 10.2 Å². The van der Waals surface area contributed by atoms with Crippen molar-refractivity contribution in [2.24, 2.45) is 4.99 Å². The molecule has 1 aromatic carbocycles. The number of hydrogen-bond acceptors (Lipinski definition) is 5. The van der Waals surface area contributed by atoms with E-state index in [9.17, 15) is 0 Å². The molecule has 0 spiro atoms. The maximum Gasteiger partial charge on any atom is 0.0977 e. The first-order chi connectivity index (χ1) is 13.0. The van der Waals surface area contributed by atoms with Crippen LogP contribution >= 0.6 is 23.4 Å². The lowest BCUT2D eigenvalue weighted by molar-refractivity contribution is 0.292. The van der Waals surface area contributed by atoms with E-state index >= 15 is 0 Å². The second kappa shape index (κ2) is 13.6. The molecule has 1 fully saturated rings. The first kappa shape index (κ1) is 24.4. The Morgan fingerprint density at radius 1 is 1.44 bits per heavy atom. The molecule has 1 aliphatic heterocycles. The van der Waals surface area contributed by atoms with E-state index in [1.54, 1.807) is 0 Å². The van der Waals surface area contributed by atoms with E-state index in [0.29, 0.717) is 6.04 Å². The highest BCUT2D eigenvalue weighted by Crippen LogP contribution is 2.22. The molecular formula is C21H36ClN3OS. The summed E-state index contributed by atoms with van der Waals surface area (Å²) in [5.41, 5.74) is 2.24. The Bertz CT molecular complexity index is 583. The third-order valence-corrected chi connectivity index (χ3v) is 6.54. The molecule has 2 rings (SSSR count). The summed E-state index contributed by atoms with van der Waals surface area (Å²) in [5, 5.41) is 12.6. The van der Waals surface area contributed by atoms with E-state index in [4.69, 9.17) is 16.7 Å². The van der Waals surface area contributed by atoms with Gasteiger partial charge in [-0.1, -0.05) is 23.7 Å². The average Bonchev–Trinajstić information content (AvgIpc) is 3.07. The molecule has 0 aromatic heterocycles. The molecule has 27 heavy (non-hydrogen) atoms. The van der Waals surface area contributed by atoms with Crippen molar-refractivity contribution in [3.63, 3.8) is 0 Å². The fraction of sp³-hybridized carbons (Fsp3) is 0.667. The lowest BCUT2D eigenvalue weighted by Crippen LogP contribution is -2.34. The van der Waals surface area contributed by atoms with Gasteiger partial charge in [-0.15, -0.1) is 11.8 Å². The minimum absolute atomic E-state index is 0.472. The van der Waals surface area contributed by atoms with Crippen LogP contribution in [0.1, 0.15) is 44.2 Å². The molecule has 0 bridgehead atoms. The molecule has 0 amide bonds. The Morgan fingerprint density at radius 2 is 2.19 bits per heavy atom. The lowest BCUT2D eigenvalue weighted by Gasteiger charge is -2.21. The maximum absolute atomic E-state index is 7.00. The summed E-state index contributed by atoms with van der Waals surface area (Å²) in [6.45, 7) is 9.51. The smallest absolute Gasteiger partial charge is 0.0977 e. The van der Waals surface area contributed by atoms with Gasteiger partial charge in [0, 0.05) is 42.1 Å². The van der Waals surface area contributed by atoms with Gasteiger partial charge in [0.2, 0.25) is 0 Å². The molecule has 2 atom stereocenters. The van der Waals surface area contributed by atoms with E-state index in [-0.39, 0.29) is 0 Å². The molecule has 1 heterocycles. The standard InChI is InChI=1S/C20H32ClN3S.CH4O/c1-5-22-20(17-9-8-15(2)19(21)13-17)25-14-16(3)23-11-10-18-7-6-12-24(18)4;1-2/h8-9,13,16,18,23H,5-7,10-12,14H2,1-4H3;2H,1H3. The number of likely N-dealkylation sites (tertiary alicyclic amines) is 1. The number of aliphatic hydroxyl groups excluding tert-OH is 1. The second-order valence-electron chi connectivity index (χ2n) is 6.97. The van der Waals surface area contributed by atoms with Crippen LogP contribution < -0.4 is 5.32 Å². The number of aliphatic imine (C=N–C) groups is 1. The zero-order valence-electron chi connectivity index (χ0n) is 17.5. The van der Waals surface area contributed by atoms with Crippen molar-refractivity contribution in [1.29, 1.82) is 0 Å². The Kier molecular flexibility index (Phi) is 12.3. The summed E-state index contributed by atoms with van der Waals surface area (Å²) in [6, 6.07) is 7.46. The molecule has 4 nitrogen and oxygen atoms in total. The number of rotatable bonds is 8. The second-order valence-corrected chi connectivity index (χ2v) is 8.39. The minimum Gasteiger partial charge on any atom is -0.400 e. The summed E-state index contributed by atoms with van der Waals surface area (Å²) in [6.07, 6.45) is 3.94. The summed E-state index contributed by atoms with van der Waals surface area (Å²) in [4.78, 5) is 7.17. The molecule has 2 N–H and O–H groups in total. The fourth-order valence-corrected chi connectivity index (χ4v) is 4.41. The van der Waals surface area contributed by atoms with E-state index in [2.05, 4.69) is 48.2 Å². The lowest BCUT2D eigenvalue weighted by atomic mass is 10.1. The summed E-state index contributed by atoms with van der Waals surface area (Å²) < 4.78 is 0. The number of aryl methyl sites for hydroxylation is 1. The molecular weight excluding hydrogens is 378 g/mol. The molecule has 154 valence electrons. The molecule has 1 aliphatic rings. The van der Waals surface area contributed by atoms with Gasteiger partial charge in [-0.05, 0) is 71.8 Å². The van der Waals surface area contributed by atoms with Crippen LogP contribution in [0.5, 0.6) is 0 Å². The van der Waals surface area contributed by atoms with Gasteiger partial charge in [0.05, 0.1) is 5.04 Å². The van der Waals surface area contributed by atoms with Crippen LogP contribution in [0.15, 0.2) is 23.2 Å². The third kappa shape index (κ3) is 8.53. The van der Waals surface area contributed by atoms with Crippen LogP contribution in [0.25, 0.3) is 0 Å². The highest BCUT2D eigenvalue weighted by Gasteiger charge is 2.20. The van der Waals surface area contributed by atoms with Crippen molar-refractivity contribution in [2.45, 2.75) is 52.1 Å². The van der Waals surface area contributed by atoms with E-state index in [1.165, 1.54) is 25.8 Å². The number of nitrogens with one attached hydrogen (secondary N) is 1. The van der Waals surface area contributed by atoms with Crippen molar-refractivity contribution in [3.05, 3.63) is 34.3 Å². The number of aliphatic hydroxyl groups is 1. The predicted molar refractivity (Wildman–Crippen MR) is 122 cm³/mol. The molecule has 0 aliphatic carbocycles. The van der Waals surface area contributed by atoms with Gasteiger partial charge >= 0.3 is 0 Å². The van der Waals surface area contributed by atoms with Crippen molar-refractivity contribution in [3.8, 4) is 0 Å². The highest BCUT2D eigenvalue weighted by atomic mass is 35.5. The SMILES string of the molecule is CCN=C(SCC(C)NCCC1CCCN1C)c1ccc(C)c(Cl)c1.CO. The van der Waals surface area contributed by atoms with Gasteiger partial charge in [-0.25, -0.2) is 0 Å². The zero-order valence-corrected chi connectivity index (χ0v) is 19.0. The predicted octanol–water partition coefficient (Wildman–Crippen LogP) is 4.22. The monoisotopic (exact) mass is 413 g/mol. The summed E-state index contributed by atoms with van der Waals surface area (Å²) in [7, 11) is 3.25. The van der Waals surface area contributed by atoms with Crippen molar-refractivity contribution >= 4 is 28.4 Å². The molecule has 0 saturated carbocycles. The topological polar surface area (TPSA) is 47.9 Å². The fourth-order valence-electron chi connectivity index (χ4n) is 3.19. The Morgan fingerprint density at radius 3 is 2.78 bits per heavy atom. The van der Waals surface area contributed by atoms with E-state index in [0.717, 1.165) is 53.2 Å². The summed E-state index contributed by atoms with van der Waals surface area (Å²) >= 11 is 8.11. The maximum atomic E-state index is 7.00. The normalized spacial score (nSPS) is 18.9. The number of thioether (sulfide) groups is 1. The minimum atomic E-state index is 0.472. The number of hydrogen-bond donors (Lipinski definition) is 2. The van der Waals surface area contributed by atoms with Gasteiger partial charge in [-0.2, -0.15) is 0 Å². The van der Waals surface area contributed by atoms with Crippen LogP contribution in [0.3, 0.4) is 0 Å². The first-order valence-electron chi connectivity index (χ1n) is 9.83. The van der Waals surface area contributed by atoms with Crippen molar-refractivity contribution in [2.75, 3.05) is 39.5 Å².